The molecule has 1 radical (unpaired) electrons. The van der Waals surface area contributed by atoms with Crippen molar-refractivity contribution in [3.63, 3.8) is 0 Å². The Bertz CT molecular complexity index is 1670. The van der Waals surface area contributed by atoms with Crippen molar-refractivity contribution in [3.05, 3.63) is 54.5 Å². The van der Waals surface area contributed by atoms with Gasteiger partial charge in [0.05, 0.1) is 9.79 Å². The molecule has 0 heterocycles. The number of azo groups is 1. The fourth-order valence-electron chi connectivity index (χ4n) is 2.75. The average Bonchev–Trinajstić information content (AvgIpc) is 2.71. The molecule has 0 unspecified atom stereocenters. The molecule has 0 amide bonds. The second-order valence-corrected chi connectivity index (χ2v) is 11.2. The van der Waals surface area contributed by atoms with Gasteiger partial charge in [0.2, 0.25) is 0 Å². The maximum Gasteiger partial charge on any atom is 0.298 e. The molecule has 185 valence electrons. The molecule has 3 rings (SSSR count). The fourth-order valence-corrected chi connectivity index (χ4v) is 4.61. The van der Waals surface area contributed by atoms with Crippen molar-refractivity contribution in [3.8, 4) is 11.5 Å². The van der Waals surface area contributed by atoms with E-state index in [1.807, 2.05) is 0 Å². The predicted molar refractivity (Wildman–Crippen MR) is 115 cm³/mol. The van der Waals surface area contributed by atoms with E-state index < -0.39 is 57.1 Å². The largest absolute Gasteiger partial charge is 0.506 e. The van der Waals surface area contributed by atoms with E-state index in [1.54, 1.807) is 0 Å². The van der Waals surface area contributed by atoms with Crippen LogP contribution in [0.5, 0.6) is 11.5 Å². The Kier molecular flexibility index (Phi) is 7.59. The standard InChI is InChI=1S/C18H14N2O10S3.Cu/c1-2-31(23,24)11-4-6-15(21)14(9-11)19-20-17-13-5-3-12(32(25,26)27)7-10(13)8-16(18(17)22)33(28,29)30;/h2-9,21-22H,1H2,(H,25,26,27)(H,28,29,30);. The fraction of sp³-hybridized carbons (Fsp3) is 0. The van der Waals surface area contributed by atoms with Crippen molar-refractivity contribution in [1.29, 1.82) is 0 Å². The van der Waals surface area contributed by atoms with E-state index >= 15 is 0 Å². The molecule has 0 aromatic heterocycles. The first kappa shape index (κ1) is 27.4. The van der Waals surface area contributed by atoms with Crippen molar-refractivity contribution in [2.45, 2.75) is 14.7 Å². The minimum atomic E-state index is -5.02. The van der Waals surface area contributed by atoms with Gasteiger partial charge in [-0.1, -0.05) is 12.6 Å². The first-order chi connectivity index (χ1) is 15.1. The molecule has 0 aliphatic rings. The van der Waals surface area contributed by atoms with Gasteiger partial charge in [-0.3, -0.25) is 9.11 Å². The number of aromatic hydroxyl groups is 2. The maximum atomic E-state index is 12.0. The molecule has 0 atom stereocenters. The zero-order valence-corrected chi connectivity index (χ0v) is 19.9. The monoisotopic (exact) mass is 577 g/mol. The van der Waals surface area contributed by atoms with E-state index in [0.29, 0.717) is 5.41 Å². The number of nitrogens with zero attached hydrogens (tertiary/aromatic N) is 2. The summed E-state index contributed by atoms with van der Waals surface area (Å²) in [7, 11) is -13.6. The van der Waals surface area contributed by atoms with Crippen molar-refractivity contribution in [2.75, 3.05) is 0 Å². The van der Waals surface area contributed by atoms with Gasteiger partial charge in [0.25, 0.3) is 20.2 Å². The van der Waals surface area contributed by atoms with Gasteiger partial charge >= 0.3 is 0 Å². The molecule has 4 N–H and O–H groups in total. The molecule has 0 fully saturated rings. The molecule has 34 heavy (non-hydrogen) atoms. The summed E-state index contributed by atoms with van der Waals surface area (Å²) in [5, 5.41) is 28.2. The number of sulfone groups is 1. The summed E-state index contributed by atoms with van der Waals surface area (Å²) in [4.78, 5) is -1.93. The van der Waals surface area contributed by atoms with Crippen LogP contribution in [0.1, 0.15) is 0 Å². The molecule has 16 heteroatoms. The van der Waals surface area contributed by atoms with E-state index in [1.165, 1.54) is 0 Å². The minimum Gasteiger partial charge on any atom is -0.506 e. The zero-order valence-electron chi connectivity index (χ0n) is 16.5. The molecule has 12 nitrogen and oxygen atoms in total. The second kappa shape index (κ2) is 9.42. The van der Waals surface area contributed by atoms with Crippen LogP contribution in [0, 0.1) is 0 Å². The van der Waals surface area contributed by atoms with Crippen LogP contribution in [0.2, 0.25) is 0 Å². The van der Waals surface area contributed by atoms with E-state index in [-0.39, 0.29) is 38.4 Å². The maximum absolute atomic E-state index is 12.0. The summed E-state index contributed by atoms with van der Waals surface area (Å²) in [6.45, 7) is 3.18. The van der Waals surface area contributed by atoms with E-state index in [4.69, 9.17) is 0 Å². The van der Waals surface area contributed by atoms with Crippen molar-refractivity contribution in [2.24, 2.45) is 10.2 Å². The summed E-state index contributed by atoms with van der Waals surface area (Å²) in [5.41, 5.74) is -0.935. The van der Waals surface area contributed by atoms with Crippen molar-refractivity contribution >= 4 is 52.2 Å². The number of hydrogen-bond acceptors (Lipinski definition) is 10. The molecule has 0 saturated heterocycles. The molecular formula is C18H14CuN2O10S3. The summed E-state index contributed by atoms with van der Waals surface area (Å²) in [6.07, 6.45) is 0. The van der Waals surface area contributed by atoms with Gasteiger partial charge in [0.1, 0.15) is 22.0 Å². The third kappa shape index (κ3) is 5.44. The Morgan fingerprint density at radius 2 is 1.41 bits per heavy atom. The average molecular weight is 578 g/mol. The first-order valence-corrected chi connectivity index (χ1v) is 12.9. The second-order valence-electron chi connectivity index (χ2n) is 6.47. The summed E-state index contributed by atoms with van der Waals surface area (Å²) >= 11 is 0. The third-order valence-corrected chi connectivity index (χ3v) is 7.42. The Balaban J connectivity index is 0.00000408. The van der Waals surface area contributed by atoms with Gasteiger partial charge in [-0.15, -0.1) is 10.2 Å². The Morgan fingerprint density at radius 1 is 0.794 bits per heavy atom. The number of phenols is 2. The van der Waals surface area contributed by atoms with Gasteiger partial charge in [0.15, 0.2) is 15.6 Å². The SMILES string of the molecule is C=CS(=O)(=O)c1ccc(O)c(N=Nc2c(O)c(S(=O)(=O)O)cc3cc(S(=O)(=O)O)ccc23)c1.[Cu]. The van der Waals surface area contributed by atoms with Gasteiger partial charge in [-0.2, -0.15) is 16.8 Å². The first-order valence-electron chi connectivity index (χ1n) is 8.52. The van der Waals surface area contributed by atoms with Crippen LogP contribution in [-0.2, 0) is 47.1 Å². The quantitative estimate of drug-likeness (QED) is 0.191. The summed E-state index contributed by atoms with van der Waals surface area (Å²) < 4.78 is 88.8. The van der Waals surface area contributed by atoms with Crippen LogP contribution in [0.15, 0.2) is 79.4 Å². The van der Waals surface area contributed by atoms with E-state index in [0.717, 1.165) is 42.5 Å². The summed E-state index contributed by atoms with van der Waals surface area (Å²) in [5.74, 6) is -1.56. The molecule has 0 bridgehead atoms. The topological polar surface area (TPSA) is 208 Å². The smallest absolute Gasteiger partial charge is 0.298 e. The minimum absolute atomic E-state index is 0. The molecule has 0 aliphatic heterocycles. The molecule has 3 aromatic carbocycles. The normalized spacial score (nSPS) is 12.5. The zero-order chi connectivity index (χ0) is 24.8. The number of benzene rings is 3. The van der Waals surface area contributed by atoms with Crippen LogP contribution in [-0.4, -0.2) is 44.6 Å². The Hall–Kier alpha value is -2.85. The van der Waals surface area contributed by atoms with Crippen LogP contribution < -0.4 is 0 Å². The number of rotatable bonds is 6. The molecular weight excluding hydrogens is 564 g/mol. The van der Waals surface area contributed by atoms with Gasteiger partial charge < -0.3 is 10.2 Å². The summed E-state index contributed by atoms with van der Waals surface area (Å²) in [6, 6.07) is 6.67. The Morgan fingerprint density at radius 3 is 1.97 bits per heavy atom. The van der Waals surface area contributed by atoms with Gasteiger partial charge in [-0.05, 0) is 41.8 Å². The van der Waals surface area contributed by atoms with Crippen LogP contribution in [0.3, 0.4) is 0 Å². The molecule has 0 spiro atoms. The number of hydrogen-bond donors (Lipinski definition) is 4. The van der Waals surface area contributed by atoms with Gasteiger partial charge in [0, 0.05) is 27.9 Å². The van der Waals surface area contributed by atoms with Crippen LogP contribution in [0.25, 0.3) is 10.8 Å². The molecule has 3 aromatic rings. The molecule has 0 aliphatic carbocycles. The van der Waals surface area contributed by atoms with E-state index in [9.17, 15) is 44.6 Å². The van der Waals surface area contributed by atoms with Gasteiger partial charge in [-0.25, -0.2) is 8.42 Å². The molecule has 0 saturated carbocycles. The number of phenolic OH excluding ortho intramolecular Hbond substituents is 2. The third-order valence-electron chi connectivity index (χ3n) is 4.35. The van der Waals surface area contributed by atoms with Crippen molar-refractivity contribution in [1.82, 2.24) is 0 Å². The predicted octanol–water partition coefficient (Wildman–Crippen LogP) is 3.07. The van der Waals surface area contributed by atoms with E-state index in [2.05, 4.69) is 16.8 Å². The number of fused-ring (bicyclic) bond motifs is 1. The van der Waals surface area contributed by atoms with Crippen LogP contribution >= 0.6 is 0 Å². The van der Waals surface area contributed by atoms with Crippen molar-refractivity contribution < 1.29 is 61.6 Å². The Labute approximate surface area is 204 Å². The van der Waals surface area contributed by atoms with Crippen LogP contribution in [0.4, 0.5) is 11.4 Å².